The number of nitrogens with zero attached hydrogens (tertiary/aromatic N) is 2. The molecular weight excluding hydrogens is 526 g/mol. The van der Waals surface area contributed by atoms with E-state index in [1.807, 2.05) is 37.3 Å². The van der Waals surface area contributed by atoms with Crippen LogP contribution in [0.4, 0.5) is 4.79 Å². The molecule has 1 aromatic heterocycles. The molecule has 2 unspecified atom stereocenters. The average Bonchev–Trinajstić information content (AvgIpc) is 3.69. The predicted molar refractivity (Wildman–Crippen MR) is 168 cm³/mol. The summed E-state index contributed by atoms with van der Waals surface area (Å²) in [5, 5.41) is 5.97. The van der Waals surface area contributed by atoms with Gasteiger partial charge in [0.1, 0.15) is 11.9 Å². The van der Waals surface area contributed by atoms with Crippen molar-refractivity contribution in [2.75, 3.05) is 13.7 Å². The van der Waals surface area contributed by atoms with E-state index in [0.29, 0.717) is 6.54 Å². The van der Waals surface area contributed by atoms with Crippen molar-refractivity contribution < 1.29 is 14.3 Å². The molecule has 2 atom stereocenters. The maximum atomic E-state index is 13.4. The number of benzene rings is 2. The molecule has 8 nitrogen and oxygen atoms in total. The zero-order chi connectivity index (χ0) is 30.2. The Hall–Kier alpha value is -4.33. The van der Waals surface area contributed by atoms with Crippen LogP contribution in [0.15, 0.2) is 72.7 Å². The van der Waals surface area contributed by atoms with Gasteiger partial charge in [0.2, 0.25) is 5.91 Å². The normalized spacial score (nSPS) is 16.5. The summed E-state index contributed by atoms with van der Waals surface area (Å²) in [5.41, 5.74) is 7.88. The Kier molecular flexibility index (Phi) is 10.2. The van der Waals surface area contributed by atoms with Crippen LogP contribution in [0.5, 0.6) is 0 Å². The van der Waals surface area contributed by atoms with Crippen LogP contribution in [0.1, 0.15) is 71.3 Å². The van der Waals surface area contributed by atoms with Gasteiger partial charge in [-0.3, -0.25) is 4.79 Å². The molecule has 0 spiro atoms. The van der Waals surface area contributed by atoms with E-state index in [0.717, 1.165) is 47.5 Å². The second-order valence-electron chi connectivity index (χ2n) is 11.2. The van der Waals surface area contributed by atoms with Crippen LogP contribution in [-0.2, 0) is 9.53 Å². The van der Waals surface area contributed by atoms with Gasteiger partial charge in [0.15, 0.2) is 0 Å². The number of likely N-dealkylation sites (tertiary alicyclic amines) is 1. The first kappa shape index (κ1) is 30.6. The lowest BCUT2D eigenvalue weighted by atomic mass is 10.00. The second kappa shape index (κ2) is 14.0. The zero-order valence-electron chi connectivity index (χ0n) is 25.5. The minimum atomic E-state index is -0.655. The molecular formula is C34H43N5O3. The number of aromatic amines is 1. The van der Waals surface area contributed by atoms with Crippen molar-refractivity contribution in [2.45, 2.75) is 66.0 Å². The highest BCUT2D eigenvalue weighted by Crippen LogP contribution is 2.33. The van der Waals surface area contributed by atoms with Gasteiger partial charge < -0.3 is 25.3 Å². The average molecular weight is 570 g/mol. The number of ether oxygens (including phenoxy) is 1. The molecule has 222 valence electrons. The number of carbonyl (C=O) groups excluding carboxylic acids is 2. The molecule has 3 N–H and O–H groups in total. The number of aromatic nitrogens is 2. The van der Waals surface area contributed by atoms with E-state index in [9.17, 15) is 9.59 Å². The summed E-state index contributed by atoms with van der Waals surface area (Å²) in [6.45, 7) is 10.8. The summed E-state index contributed by atoms with van der Waals surface area (Å²) in [7, 11) is 1.30. The first-order valence-electron chi connectivity index (χ1n) is 14.7. The molecule has 0 saturated carbocycles. The van der Waals surface area contributed by atoms with Gasteiger partial charge in [-0.1, -0.05) is 74.9 Å². The predicted octanol–water partition coefficient (Wildman–Crippen LogP) is 7.05. The summed E-state index contributed by atoms with van der Waals surface area (Å²) >= 11 is 0. The number of allylic oxidation sites excluding steroid dienone is 2. The topological polar surface area (TPSA) is 99.4 Å². The van der Waals surface area contributed by atoms with Crippen LogP contribution in [0.3, 0.4) is 0 Å². The number of hydrogen-bond donors (Lipinski definition) is 3. The molecule has 8 heteroatoms. The Balaban J connectivity index is 1.44. The van der Waals surface area contributed by atoms with Crippen LogP contribution in [0.2, 0.25) is 0 Å². The first-order valence-corrected chi connectivity index (χ1v) is 14.7. The molecule has 1 fully saturated rings. The van der Waals surface area contributed by atoms with Crippen molar-refractivity contribution in [1.29, 1.82) is 0 Å². The van der Waals surface area contributed by atoms with Gasteiger partial charge in [-0.25, -0.2) is 9.78 Å². The summed E-state index contributed by atoms with van der Waals surface area (Å²) < 4.78 is 4.74. The third kappa shape index (κ3) is 7.29. The van der Waals surface area contributed by atoms with Gasteiger partial charge >= 0.3 is 6.09 Å². The Bertz CT molecular complexity index is 1420. The number of nitrogens with one attached hydrogen (secondary N) is 3. The van der Waals surface area contributed by atoms with Crippen molar-refractivity contribution in [3.05, 3.63) is 84.1 Å². The number of imidazole rings is 1. The monoisotopic (exact) mass is 569 g/mol. The number of carbonyl (C=O) groups is 2. The highest BCUT2D eigenvalue weighted by molar-refractivity contribution is 5.86. The molecule has 0 bridgehead atoms. The fourth-order valence-corrected chi connectivity index (χ4v) is 5.11. The number of amides is 2. The Morgan fingerprint density at radius 2 is 1.69 bits per heavy atom. The Labute approximate surface area is 249 Å². The van der Waals surface area contributed by atoms with Crippen LogP contribution < -0.4 is 10.6 Å². The number of alkyl carbamates (subject to hydrolysis) is 1. The first-order chi connectivity index (χ1) is 20.2. The van der Waals surface area contributed by atoms with Crippen LogP contribution in [0, 0.1) is 5.92 Å². The quantitative estimate of drug-likeness (QED) is 0.243. The maximum absolute atomic E-state index is 13.4. The van der Waals surface area contributed by atoms with Gasteiger partial charge in [0.25, 0.3) is 0 Å². The van der Waals surface area contributed by atoms with Crippen LogP contribution in [-0.4, -0.2) is 46.6 Å². The fraction of sp³-hybridized carbons (Fsp3) is 0.382. The molecule has 4 rings (SSSR count). The molecule has 0 radical (unpaired) electrons. The van der Waals surface area contributed by atoms with E-state index < -0.39 is 12.1 Å². The summed E-state index contributed by atoms with van der Waals surface area (Å²) in [6.07, 6.45) is 8.02. The van der Waals surface area contributed by atoms with Crippen molar-refractivity contribution in [2.24, 2.45) is 5.92 Å². The summed E-state index contributed by atoms with van der Waals surface area (Å²) in [5.74, 6) is 0.570. The molecule has 0 aliphatic carbocycles. The smallest absolute Gasteiger partial charge is 0.407 e. The Morgan fingerprint density at radius 3 is 2.31 bits per heavy atom. The lowest BCUT2D eigenvalue weighted by molar-refractivity contribution is -0.135. The van der Waals surface area contributed by atoms with E-state index in [-0.39, 0.29) is 17.9 Å². The van der Waals surface area contributed by atoms with Gasteiger partial charge in [0, 0.05) is 12.7 Å². The molecule has 1 aliphatic heterocycles. The van der Waals surface area contributed by atoms with Crippen LogP contribution >= 0.6 is 0 Å². The van der Waals surface area contributed by atoms with Gasteiger partial charge in [-0.2, -0.15) is 0 Å². The van der Waals surface area contributed by atoms with E-state index in [1.165, 1.54) is 23.8 Å². The van der Waals surface area contributed by atoms with Crippen LogP contribution in [0.25, 0.3) is 28.0 Å². The Morgan fingerprint density at radius 1 is 1.05 bits per heavy atom. The number of rotatable bonds is 10. The lowest BCUT2D eigenvalue weighted by Gasteiger charge is -2.30. The van der Waals surface area contributed by atoms with E-state index in [1.54, 1.807) is 0 Å². The highest BCUT2D eigenvalue weighted by atomic mass is 16.5. The number of H-pyrrole nitrogens is 1. The number of hydrogen-bond acceptors (Lipinski definition) is 5. The largest absolute Gasteiger partial charge is 0.453 e. The van der Waals surface area contributed by atoms with Crippen molar-refractivity contribution >= 4 is 17.6 Å². The third-order valence-corrected chi connectivity index (χ3v) is 7.90. The summed E-state index contributed by atoms with van der Waals surface area (Å²) in [6, 6.07) is 16.2. The van der Waals surface area contributed by atoms with E-state index in [2.05, 4.69) is 89.9 Å². The van der Waals surface area contributed by atoms with Crippen molar-refractivity contribution in [3.63, 3.8) is 0 Å². The second-order valence-corrected chi connectivity index (χ2v) is 11.2. The van der Waals surface area contributed by atoms with Gasteiger partial charge in [-0.05, 0) is 73.1 Å². The standard InChI is InChI=1S/C34H43N5O3/c1-7-23(4)19-35-20-24(5)25-10-12-26(13-11-25)27-14-16-28(17-15-27)29-21-36-32(37-29)30-9-8-18-39(30)33(40)31(22(2)3)38-34(41)42-6/h10-17,19-22,30-31,35H,7-9,18H2,1-6H3,(H,36,37)(H,38,41)/b23-19-,24-20+. The number of methoxy groups -OCH3 is 1. The molecule has 2 heterocycles. The maximum Gasteiger partial charge on any atom is 0.407 e. The van der Waals surface area contributed by atoms with Crippen molar-refractivity contribution in [3.8, 4) is 22.4 Å². The molecule has 1 saturated heterocycles. The summed E-state index contributed by atoms with van der Waals surface area (Å²) in [4.78, 5) is 35.2. The lowest BCUT2D eigenvalue weighted by Crippen LogP contribution is -2.51. The van der Waals surface area contributed by atoms with Gasteiger partial charge in [-0.15, -0.1) is 0 Å². The van der Waals surface area contributed by atoms with E-state index in [4.69, 9.17) is 4.74 Å². The molecule has 3 aromatic rings. The molecule has 1 aliphatic rings. The minimum absolute atomic E-state index is 0.0745. The SMILES string of the molecule is CC/C(C)=C\N/C=C(\C)c1ccc(-c2ccc(-c3cnc(C4CCCN4C(=O)C(NC(=O)OC)C(C)C)[nH]3)cc2)cc1. The van der Waals surface area contributed by atoms with Gasteiger partial charge in [0.05, 0.1) is 25.0 Å². The molecule has 2 aromatic carbocycles. The zero-order valence-corrected chi connectivity index (χ0v) is 25.5. The fourth-order valence-electron chi connectivity index (χ4n) is 5.11. The molecule has 42 heavy (non-hydrogen) atoms. The molecule has 2 amide bonds. The highest BCUT2D eigenvalue weighted by Gasteiger charge is 2.37. The van der Waals surface area contributed by atoms with E-state index >= 15 is 0 Å². The van der Waals surface area contributed by atoms with Crippen molar-refractivity contribution in [1.82, 2.24) is 25.5 Å². The minimum Gasteiger partial charge on any atom is -0.453 e. The third-order valence-electron chi connectivity index (χ3n) is 7.90.